The number of rotatable bonds is 4. The fraction of sp³-hybridized carbons (Fsp3) is 0.409. The molecule has 0 saturated heterocycles. The average Bonchev–Trinajstić information content (AvgIpc) is 3.32. The van der Waals surface area contributed by atoms with E-state index in [4.69, 9.17) is 0 Å². The first-order valence-electron chi connectivity index (χ1n) is 9.94. The minimum atomic E-state index is -4.74. The van der Waals surface area contributed by atoms with Crippen molar-refractivity contribution in [3.05, 3.63) is 65.0 Å². The fourth-order valence-corrected chi connectivity index (χ4v) is 4.56. The van der Waals surface area contributed by atoms with Crippen LogP contribution in [0.25, 0.3) is 0 Å². The highest BCUT2D eigenvalue weighted by Gasteiger charge is 2.43. The summed E-state index contributed by atoms with van der Waals surface area (Å²) in [4.78, 5) is 13.9. The molecule has 1 amide bonds. The molecular weight excluding hydrogens is 395 g/mol. The van der Waals surface area contributed by atoms with Crippen LogP contribution in [0.2, 0.25) is 0 Å². The van der Waals surface area contributed by atoms with Gasteiger partial charge in [0, 0.05) is 24.7 Å². The van der Waals surface area contributed by atoms with Crippen molar-refractivity contribution in [3.63, 3.8) is 0 Å². The van der Waals surface area contributed by atoms with Gasteiger partial charge < -0.3 is 15.4 Å². The van der Waals surface area contributed by atoms with Gasteiger partial charge in [-0.3, -0.25) is 9.80 Å². The van der Waals surface area contributed by atoms with Gasteiger partial charge in [-0.2, -0.15) is 13.2 Å². The first-order chi connectivity index (χ1) is 14.2. The molecule has 0 saturated carbocycles. The van der Waals surface area contributed by atoms with Gasteiger partial charge in [0.2, 0.25) is 5.91 Å². The molecule has 1 aliphatic heterocycles. The molecular formula is C22H24F3N3O2. The number of anilines is 1. The number of carbonyl (C=O) groups excluding carboxylic acids is 1. The van der Waals surface area contributed by atoms with Gasteiger partial charge in [0.1, 0.15) is 0 Å². The van der Waals surface area contributed by atoms with Gasteiger partial charge in [-0.1, -0.05) is 25.1 Å². The van der Waals surface area contributed by atoms with E-state index in [1.54, 1.807) is 0 Å². The number of halogens is 3. The number of aliphatic hydroxyl groups is 1. The van der Waals surface area contributed by atoms with Crippen molar-refractivity contribution in [1.29, 1.82) is 0 Å². The van der Waals surface area contributed by atoms with Crippen molar-refractivity contribution in [2.24, 2.45) is 11.8 Å². The van der Waals surface area contributed by atoms with E-state index in [0.29, 0.717) is 12.8 Å². The highest BCUT2D eigenvalue weighted by atomic mass is 19.4. The zero-order chi connectivity index (χ0) is 21.6. The number of likely N-dealkylation sites (N-methyl/N-ethyl adjacent to an activating group) is 1. The molecule has 3 atom stereocenters. The van der Waals surface area contributed by atoms with E-state index in [9.17, 15) is 23.1 Å². The van der Waals surface area contributed by atoms with E-state index < -0.39 is 24.7 Å². The number of carbonyl (C=O) groups is 1. The van der Waals surface area contributed by atoms with Gasteiger partial charge in [0.05, 0.1) is 23.8 Å². The number of hydrazine groups is 1. The molecule has 2 aliphatic carbocycles. The summed E-state index contributed by atoms with van der Waals surface area (Å²) in [6, 6.07) is 9.87. The Hall–Kier alpha value is -2.74. The van der Waals surface area contributed by atoms with Crippen LogP contribution in [0, 0.1) is 11.8 Å². The number of benzene rings is 1. The largest absolute Gasteiger partial charge is 0.416 e. The standard InChI is InChI=1S/C22H24F3N3O2/c1-13-17-11-26-28(15-6-4-3-5-7-15)18(17)10-14-8-9-16(20(13)14)21(30)27(2)12-19(29)22(23,24)25/h3-7,10-11,13,16,19,26,29H,8-9,12H2,1-2H3/t13-,16-,19+/m0/s1. The number of hydrogen-bond acceptors (Lipinski definition) is 4. The second kappa shape index (κ2) is 7.50. The van der Waals surface area contributed by atoms with Gasteiger partial charge in [-0.15, -0.1) is 0 Å². The van der Waals surface area contributed by atoms with Crippen LogP contribution in [0.15, 0.2) is 65.0 Å². The van der Waals surface area contributed by atoms with Crippen molar-refractivity contribution < 1.29 is 23.1 Å². The number of allylic oxidation sites excluding steroid dienone is 3. The highest BCUT2D eigenvalue weighted by Crippen LogP contribution is 2.48. The normalized spacial score (nSPS) is 24.0. The van der Waals surface area contributed by atoms with Crippen molar-refractivity contribution in [2.75, 3.05) is 18.6 Å². The lowest BCUT2D eigenvalue weighted by Gasteiger charge is -2.31. The first-order valence-corrected chi connectivity index (χ1v) is 9.94. The smallest absolute Gasteiger partial charge is 0.382 e. The lowest BCUT2D eigenvalue weighted by Crippen LogP contribution is -2.44. The van der Waals surface area contributed by atoms with Gasteiger partial charge in [0.25, 0.3) is 0 Å². The molecule has 8 heteroatoms. The number of nitrogens with zero attached hydrogens (tertiary/aromatic N) is 2. The molecule has 0 aromatic heterocycles. The molecule has 1 aromatic rings. The molecule has 5 nitrogen and oxygen atoms in total. The maximum atomic E-state index is 12.9. The number of para-hydroxylation sites is 1. The Kier molecular flexibility index (Phi) is 5.13. The summed E-state index contributed by atoms with van der Waals surface area (Å²) < 4.78 is 38.0. The quantitative estimate of drug-likeness (QED) is 0.784. The van der Waals surface area contributed by atoms with Gasteiger partial charge in [0.15, 0.2) is 6.10 Å². The number of amides is 1. The fourth-order valence-electron chi connectivity index (χ4n) is 4.56. The van der Waals surface area contributed by atoms with Crippen LogP contribution in [0.3, 0.4) is 0 Å². The second-order valence-corrected chi connectivity index (χ2v) is 8.00. The monoisotopic (exact) mass is 419 g/mol. The lowest BCUT2D eigenvalue weighted by molar-refractivity contribution is -0.207. The van der Waals surface area contributed by atoms with Crippen LogP contribution in [-0.2, 0) is 4.79 Å². The summed E-state index contributed by atoms with van der Waals surface area (Å²) in [7, 11) is 1.32. The Labute approximate surface area is 173 Å². The summed E-state index contributed by atoms with van der Waals surface area (Å²) in [6.45, 7) is 1.27. The van der Waals surface area contributed by atoms with E-state index >= 15 is 0 Å². The maximum absolute atomic E-state index is 12.9. The number of alkyl halides is 3. The molecule has 0 fully saturated rings. The van der Waals surface area contributed by atoms with Gasteiger partial charge in [-0.25, -0.2) is 0 Å². The van der Waals surface area contributed by atoms with E-state index in [-0.39, 0.29) is 11.8 Å². The Bertz CT molecular complexity index is 937. The van der Waals surface area contributed by atoms with E-state index in [0.717, 1.165) is 33.0 Å². The number of nitrogens with one attached hydrogen (secondary N) is 1. The van der Waals surface area contributed by atoms with Crippen LogP contribution < -0.4 is 10.4 Å². The molecule has 160 valence electrons. The molecule has 0 radical (unpaired) electrons. The van der Waals surface area contributed by atoms with Crippen LogP contribution in [0.5, 0.6) is 0 Å². The summed E-state index contributed by atoms with van der Waals surface area (Å²) in [5.41, 5.74) is 8.39. The molecule has 3 aliphatic rings. The molecule has 0 spiro atoms. The minimum absolute atomic E-state index is 0.0291. The zero-order valence-electron chi connectivity index (χ0n) is 16.8. The second-order valence-electron chi connectivity index (χ2n) is 8.00. The molecule has 2 N–H and O–H groups in total. The first kappa shape index (κ1) is 20.5. The summed E-state index contributed by atoms with van der Waals surface area (Å²) >= 11 is 0. The summed E-state index contributed by atoms with van der Waals surface area (Å²) in [5, 5.41) is 11.3. The third-order valence-electron chi connectivity index (χ3n) is 6.09. The third kappa shape index (κ3) is 3.49. The van der Waals surface area contributed by atoms with Crippen molar-refractivity contribution in [2.45, 2.75) is 32.0 Å². The zero-order valence-corrected chi connectivity index (χ0v) is 16.8. The number of fused-ring (bicyclic) bond motifs is 1. The number of hydrogen-bond donors (Lipinski definition) is 2. The van der Waals surface area contributed by atoms with Crippen LogP contribution in [-0.4, -0.2) is 41.8 Å². The minimum Gasteiger partial charge on any atom is -0.382 e. The van der Waals surface area contributed by atoms with E-state index in [1.165, 1.54) is 7.05 Å². The lowest BCUT2D eigenvalue weighted by atomic mass is 9.80. The number of aliphatic hydroxyl groups excluding tert-OH is 1. The van der Waals surface area contributed by atoms with Crippen molar-refractivity contribution >= 4 is 11.6 Å². The van der Waals surface area contributed by atoms with Gasteiger partial charge >= 0.3 is 6.18 Å². The molecule has 4 rings (SSSR count). The Morgan fingerprint density at radius 1 is 1.33 bits per heavy atom. The van der Waals surface area contributed by atoms with Gasteiger partial charge in [-0.05, 0) is 42.2 Å². The molecule has 1 heterocycles. The van der Waals surface area contributed by atoms with Crippen LogP contribution >= 0.6 is 0 Å². The van der Waals surface area contributed by atoms with E-state index in [2.05, 4.69) is 11.5 Å². The topological polar surface area (TPSA) is 55.8 Å². The molecule has 0 bridgehead atoms. The predicted molar refractivity (Wildman–Crippen MR) is 107 cm³/mol. The summed E-state index contributed by atoms with van der Waals surface area (Å²) in [6.07, 6.45) is -2.03. The Morgan fingerprint density at radius 2 is 2.03 bits per heavy atom. The Balaban J connectivity index is 1.57. The molecule has 30 heavy (non-hydrogen) atoms. The predicted octanol–water partition coefficient (Wildman–Crippen LogP) is 3.52. The summed E-state index contributed by atoms with van der Waals surface area (Å²) in [5.74, 6) is -0.873. The SMILES string of the molecule is C[C@H]1C2=CNN(c3ccccc3)C2=CC2=C1[C@@H](C(=O)N(C)C[C@@H](O)C(F)(F)F)CC2. The van der Waals surface area contributed by atoms with Crippen molar-refractivity contribution in [3.8, 4) is 0 Å². The van der Waals surface area contributed by atoms with Crippen molar-refractivity contribution in [1.82, 2.24) is 10.3 Å². The maximum Gasteiger partial charge on any atom is 0.416 e. The van der Waals surface area contributed by atoms with Crippen LogP contribution in [0.4, 0.5) is 18.9 Å². The van der Waals surface area contributed by atoms with Crippen LogP contribution in [0.1, 0.15) is 19.8 Å². The van der Waals surface area contributed by atoms with E-state index in [1.807, 2.05) is 48.5 Å². The third-order valence-corrected chi connectivity index (χ3v) is 6.09. The molecule has 0 unspecified atom stereocenters. The average molecular weight is 419 g/mol. The Morgan fingerprint density at radius 3 is 2.70 bits per heavy atom. The molecule has 1 aromatic carbocycles. The highest BCUT2D eigenvalue weighted by molar-refractivity contribution is 5.84.